The summed E-state index contributed by atoms with van der Waals surface area (Å²) in [5.74, 6) is 1.83. The number of rotatable bonds is 6. The number of carbonyl (C=O) groups excluding carboxylic acids is 1. The topological polar surface area (TPSA) is 102 Å². The van der Waals surface area contributed by atoms with Crippen molar-refractivity contribution in [1.29, 1.82) is 0 Å². The quantitative estimate of drug-likeness (QED) is 0.454. The van der Waals surface area contributed by atoms with E-state index in [1.54, 1.807) is 6.07 Å². The molecule has 10 heteroatoms. The highest BCUT2D eigenvalue weighted by Crippen LogP contribution is 2.34. The molecular weight excluding hydrogens is 483 g/mol. The maximum absolute atomic E-state index is 14.6. The Hall–Kier alpha value is -3.53. The van der Waals surface area contributed by atoms with Crippen LogP contribution in [0, 0.1) is 17.7 Å². The number of anilines is 3. The van der Waals surface area contributed by atoms with E-state index < -0.39 is 5.82 Å². The van der Waals surface area contributed by atoms with Crippen molar-refractivity contribution in [3.05, 3.63) is 47.7 Å². The molecule has 6 heterocycles. The van der Waals surface area contributed by atoms with Gasteiger partial charge in [-0.25, -0.2) is 19.3 Å². The van der Waals surface area contributed by atoms with E-state index >= 15 is 0 Å². The molecule has 0 bridgehead atoms. The van der Waals surface area contributed by atoms with E-state index in [0.717, 1.165) is 42.5 Å². The molecule has 3 aliphatic rings. The number of carbonyl (C=O) groups is 1. The van der Waals surface area contributed by atoms with Crippen LogP contribution < -0.4 is 15.5 Å². The van der Waals surface area contributed by atoms with Crippen molar-refractivity contribution in [2.75, 3.05) is 49.5 Å². The lowest BCUT2D eigenvalue weighted by Crippen LogP contribution is -2.40. The van der Waals surface area contributed by atoms with Crippen LogP contribution in [0.3, 0.4) is 0 Å². The molecule has 2 fully saturated rings. The molecule has 0 saturated carbocycles. The molecule has 200 valence electrons. The SMILES string of the molecule is CCN1CCC(C2CCN(c3ccc(Nc4ncc(F)c(-c5cc6c([nH]5)CCNC6=O)n4)nc3)CC2)CC1. The largest absolute Gasteiger partial charge is 0.370 e. The number of amides is 1. The van der Waals surface area contributed by atoms with Gasteiger partial charge in [0, 0.05) is 31.7 Å². The molecular formula is C28H35FN8O. The van der Waals surface area contributed by atoms with Gasteiger partial charge < -0.3 is 25.4 Å². The van der Waals surface area contributed by atoms with Gasteiger partial charge in [-0.3, -0.25) is 4.79 Å². The average molecular weight is 519 g/mol. The van der Waals surface area contributed by atoms with Gasteiger partial charge in [0.1, 0.15) is 11.5 Å². The minimum atomic E-state index is -0.558. The zero-order chi connectivity index (χ0) is 26.1. The van der Waals surface area contributed by atoms with Gasteiger partial charge in [0.05, 0.1) is 29.3 Å². The molecule has 6 rings (SSSR count). The number of H-pyrrole nitrogens is 1. The fourth-order valence-electron chi connectivity index (χ4n) is 6.17. The minimum Gasteiger partial charge on any atom is -0.370 e. The van der Waals surface area contributed by atoms with E-state index in [2.05, 4.69) is 53.4 Å². The first kappa shape index (κ1) is 24.8. The van der Waals surface area contributed by atoms with E-state index in [4.69, 9.17) is 0 Å². The van der Waals surface area contributed by atoms with E-state index in [0.29, 0.717) is 30.0 Å². The normalized spacial score (nSPS) is 19.3. The van der Waals surface area contributed by atoms with E-state index in [1.807, 2.05) is 12.3 Å². The van der Waals surface area contributed by atoms with Crippen LogP contribution >= 0.6 is 0 Å². The van der Waals surface area contributed by atoms with Crippen LogP contribution in [0.1, 0.15) is 48.7 Å². The Bertz CT molecular complexity index is 1280. The Balaban J connectivity index is 1.08. The lowest BCUT2D eigenvalue weighted by Gasteiger charge is -2.40. The first-order chi connectivity index (χ1) is 18.6. The highest BCUT2D eigenvalue weighted by molar-refractivity contribution is 5.97. The second kappa shape index (κ2) is 10.7. The molecule has 0 aliphatic carbocycles. The van der Waals surface area contributed by atoms with Crippen LogP contribution in [-0.2, 0) is 6.42 Å². The molecule has 0 atom stereocenters. The number of fused-ring (bicyclic) bond motifs is 1. The molecule has 3 aliphatic heterocycles. The standard InChI is InChI=1S/C28H35FN8O/c1-2-36-11-6-18(7-12-36)19-8-13-37(14-9-19)20-3-4-25(31-16-20)34-28-32-17-22(29)26(35-28)24-15-21-23(33-24)5-10-30-27(21)38/h3-4,15-19,33H,2,5-14H2,1H3,(H,30,38)(H,31,32,34,35). The highest BCUT2D eigenvalue weighted by Gasteiger charge is 2.29. The van der Waals surface area contributed by atoms with Crippen molar-refractivity contribution in [3.8, 4) is 11.4 Å². The number of hydrogen-bond donors (Lipinski definition) is 3. The van der Waals surface area contributed by atoms with Crippen molar-refractivity contribution in [1.82, 2.24) is 30.2 Å². The Kier molecular flexibility index (Phi) is 6.97. The molecule has 9 nitrogen and oxygen atoms in total. The number of halogens is 1. The first-order valence-electron chi connectivity index (χ1n) is 13.8. The zero-order valence-corrected chi connectivity index (χ0v) is 21.8. The van der Waals surface area contributed by atoms with E-state index in [1.165, 1.54) is 45.3 Å². The van der Waals surface area contributed by atoms with Crippen molar-refractivity contribution in [2.45, 2.75) is 39.0 Å². The molecule has 3 aromatic heterocycles. The number of nitrogens with zero attached hydrogens (tertiary/aromatic N) is 5. The Labute approximate surface area is 222 Å². The number of piperidine rings is 2. The maximum Gasteiger partial charge on any atom is 0.253 e. The maximum atomic E-state index is 14.6. The summed E-state index contributed by atoms with van der Waals surface area (Å²) >= 11 is 0. The van der Waals surface area contributed by atoms with Gasteiger partial charge >= 0.3 is 0 Å². The fraction of sp³-hybridized carbons (Fsp3) is 0.500. The highest BCUT2D eigenvalue weighted by atomic mass is 19.1. The summed E-state index contributed by atoms with van der Waals surface area (Å²) in [7, 11) is 0. The predicted octanol–water partition coefficient (Wildman–Crippen LogP) is 3.98. The van der Waals surface area contributed by atoms with Crippen molar-refractivity contribution in [3.63, 3.8) is 0 Å². The van der Waals surface area contributed by atoms with E-state index in [-0.39, 0.29) is 17.5 Å². The predicted molar refractivity (Wildman–Crippen MR) is 145 cm³/mol. The number of pyridine rings is 1. The van der Waals surface area contributed by atoms with Crippen LogP contribution in [-0.4, -0.2) is 70.0 Å². The monoisotopic (exact) mass is 518 g/mol. The third-order valence-electron chi connectivity index (χ3n) is 8.44. The lowest BCUT2D eigenvalue weighted by molar-refractivity contribution is 0.0946. The average Bonchev–Trinajstić information content (AvgIpc) is 3.40. The lowest BCUT2D eigenvalue weighted by atomic mass is 9.79. The number of nitrogens with one attached hydrogen (secondary N) is 3. The molecule has 0 unspecified atom stereocenters. The third-order valence-corrected chi connectivity index (χ3v) is 8.44. The van der Waals surface area contributed by atoms with Gasteiger partial charge in [0.25, 0.3) is 5.91 Å². The van der Waals surface area contributed by atoms with E-state index in [9.17, 15) is 9.18 Å². The molecule has 0 radical (unpaired) electrons. The summed E-state index contributed by atoms with van der Waals surface area (Å²) in [6.45, 7) is 8.63. The molecule has 1 amide bonds. The Morgan fingerprint density at radius 2 is 1.82 bits per heavy atom. The third kappa shape index (κ3) is 5.09. The minimum absolute atomic E-state index is 0.115. The molecule has 38 heavy (non-hydrogen) atoms. The van der Waals surface area contributed by atoms with Crippen LogP contribution in [0.15, 0.2) is 30.6 Å². The van der Waals surface area contributed by atoms with Crippen molar-refractivity contribution < 1.29 is 9.18 Å². The number of hydrogen-bond acceptors (Lipinski definition) is 7. The van der Waals surface area contributed by atoms with Crippen LogP contribution in [0.4, 0.5) is 21.8 Å². The Morgan fingerprint density at radius 1 is 1.05 bits per heavy atom. The summed E-state index contributed by atoms with van der Waals surface area (Å²) in [6, 6.07) is 5.62. The number of aromatic nitrogens is 4. The van der Waals surface area contributed by atoms with Gasteiger partial charge in [-0.1, -0.05) is 6.92 Å². The van der Waals surface area contributed by atoms with Gasteiger partial charge in [0.2, 0.25) is 5.95 Å². The molecule has 0 aromatic carbocycles. The summed E-state index contributed by atoms with van der Waals surface area (Å²) in [5.41, 5.74) is 3.01. The van der Waals surface area contributed by atoms with Crippen LogP contribution in [0.25, 0.3) is 11.4 Å². The van der Waals surface area contributed by atoms with Gasteiger partial charge in [0.15, 0.2) is 5.82 Å². The summed E-state index contributed by atoms with van der Waals surface area (Å²) in [4.78, 5) is 33.2. The molecule has 3 aromatic rings. The first-order valence-corrected chi connectivity index (χ1v) is 13.8. The number of likely N-dealkylation sites (tertiary alicyclic amines) is 1. The summed E-state index contributed by atoms with van der Waals surface area (Å²) < 4.78 is 14.6. The van der Waals surface area contributed by atoms with Crippen molar-refractivity contribution in [2.24, 2.45) is 11.8 Å². The molecule has 3 N–H and O–H groups in total. The number of aromatic amines is 1. The van der Waals surface area contributed by atoms with Gasteiger partial charge in [-0.15, -0.1) is 0 Å². The van der Waals surface area contributed by atoms with Crippen LogP contribution in [0.2, 0.25) is 0 Å². The van der Waals surface area contributed by atoms with Gasteiger partial charge in [-0.2, -0.15) is 0 Å². The second-order valence-corrected chi connectivity index (χ2v) is 10.6. The summed E-state index contributed by atoms with van der Waals surface area (Å²) in [5, 5.41) is 5.88. The Morgan fingerprint density at radius 3 is 2.50 bits per heavy atom. The molecule has 2 saturated heterocycles. The fourth-order valence-corrected chi connectivity index (χ4v) is 6.17. The van der Waals surface area contributed by atoms with Gasteiger partial charge in [-0.05, 0) is 75.4 Å². The molecule has 0 spiro atoms. The van der Waals surface area contributed by atoms with Crippen LogP contribution in [0.5, 0.6) is 0 Å². The smallest absolute Gasteiger partial charge is 0.253 e. The van der Waals surface area contributed by atoms with Crippen molar-refractivity contribution >= 4 is 23.4 Å². The zero-order valence-electron chi connectivity index (χ0n) is 21.8. The second-order valence-electron chi connectivity index (χ2n) is 10.6. The summed E-state index contributed by atoms with van der Waals surface area (Å²) in [6.07, 6.45) is 8.86.